The fraction of sp³-hybridized carbons (Fsp3) is 0.267. The van der Waals surface area contributed by atoms with Crippen molar-refractivity contribution in [3.05, 3.63) is 29.3 Å². The molecular weight excluding hydrogens is 380 g/mol. The van der Waals surface area contributed by atoms with Crippen LogP contribution in [0.1, 0.15) is 6.42 Å². The molecule has 0 bridgehead atoms. The van der Waals surface area contributed by atoms with Gasteiger partial charge in [0.1, 0.15) is 0 Å². The van der Waals surface area contributed by atoms with Crippen LogP contribution in [-0.2, 0) is 14.6 Å². The number of nitrogens with one attached hydrogen (secondary N) is 1. The number of aromatic nitrogens is 1. The maximum absolute atomic E-state index is 12.3. The highest BCUT2D eigenvalue weighted by Gasteiger charge is 2.27. The van der Waals surface area contributed by atoms with Crippen LogP contribution in [0.25, 0.3) is 10.2 Å². The number of hydrogen-bond donors (Lipinski definition) is 1. The molecule has 1 amide bonds. The Morgan fingerprint density at radius 2 is 2.24 bits per heavy atom. The zero-order chi connectivity index (χ0) is 17.6. The van der Waals surface area contributed by atoms with Gasteiger partial charge in [0.25, 0.3) is 0 Å². The summed E-state index contributed by atoms with van der Waals surface area (Å²) in [7, 11) is -3.27. The highest BCUT2D eigenvalue weighted by molar-refractivity contribution is 8.16. The average Bonchev–Trinajstić information content (AvgIpc) is 3.21. The molecule has 2 aliphatic heterocycles. The number of anilines is 1. The van der Waals surface area contributed by atoms with E-state index in [2.05, 4.69) is 20.2 Å². The lowest BCUT2D eigenvalue weighted by Gasteiger charge is -2.15. The van der Waals surface area contributed by atoms with Gasteiger partial charge in [0.15, 0.2) is 20.1 Å². The molecule has 7 nitrogen and oxygen atoms in total. The van der Waals surface area contributed by atoms with Crippen LogP contribution in [0.3, 0.4) is 0 Å². The molecule has 2 aromatic rings. The van der Waals surface area contributed by atoms with Crippen LogP contribution in [0, 0.1) is 0 Å². The van der Waals surface area contributed by atoms with Gasteiger partial charge < -0.3 is 10.2 Å². The van der Waals surface area contributed by atoms with Gasteiger partial charge >= 0.3 is 0 Å². The Hall–Kier alpha value is -1.91. The molecule has 0 spiro atoms. The Morgan fingerprint density at radius 3 is 3.04 bits per heavy atom. The van der Waals surface area contributed by atoms with Crippen molar-refractivity contribution in [3.8, 4) is 0 Å². The van der Waals surface area contributed by atoms with Gasteiger partial charge in [0, 0.05) is 18.5 Å². The Kier molecular flexibility index (Phi) is 4.05. The molecule has 0 aliphatic carbocycles. The first-order chi connectivity index (χ1) is 11.9. The fourth-order valence-electron chi connectivity index (χ4n) is 2.63. The predicted molar refractivity (Wildman–Crippen MR) is 101 cm³/mol. The van der Waals surface area contributed by atoms with E-state index in [-0.39, 0.29) is 17.2 Å². The first-order valence-electron chi connectivity index (χ1n) is 7.48. The molecule has 0 saturated carbocycles. The van der Waals surface area contributed by atoms with E-state index < -0.39 is 9.84 Å². The van der Waals surface area contributed by atoms with Gasteiger partial charge in [0.2, 0.25) is 5.91 Å². The molecule has 0 unspecified atom stereocenters. The number of sulfone groups is 1. The summed E-state index contributed by atoms with van der Waals surface area (Å²) >= 11 is 2.80. The first kappa shape index (κ1) is 16.6. The van der Waals surface area contributed by atoms with Gasteiger partial charge in [-0.15, -0.1) is 0 Å². The van der Waals surface area contributed by atoms with Crippen LogP contribution in [0.5, 0.6) is 0 Å². The molecule has 10 heteroatoms. The normalized spacial score (nSPS) is 16.8. The minimum absolute atomic E-state index is 0.151. The third kappa shape index (κ3) is 3.29. The number of fused-ring (bicyclic) bond motifs is 2. The van der Waals surface area contributed by atoms with Crippen LogP contribution < -0.4 is 5.32 Å². The van der Waals surface area contributed by atoms with Crippen molar-refractivity contribution < 1.29 is 13.2 Å². The Morgan fingerprint density at radius 1 is 1.40 bits per heavy atom. The van der Waals surface area contributed by atoms with Gasteiger partial charge in [-0.25, -0.2) is 13.4 Å². The lowest BCUT2D eigenvalue weighted by Crippen LogP contribution is -2.24. The van der Waals surface area contributed by atoms with E-state index in [0.29, 0.717) is 10.6 Å². The molecule has 0 saturated heterocycles. The first-order valence-corrected chi connectivity index (χ1v) is 11.1. The highest BCUT2D eigenvalue weighted by atomic mass is 32.2. The molecular formula is C15H14N4O3S3. The summed E-state index contributed by atoms with van der Waals surface area (Å²) in [4.78, 5) is 23.3. The summed E-state index contributed by atoms with van der Waals surface area (Å²) < 4.78 is 24.0. The summed E-state index contributed by atoms with van der Waals surface area (Å²) in [5.74, 6) is -0.151. The average molecular weight is 395 g/mol. The summed E-state index contributed by atoms with van der Waals surface area (Å²) in [5.41, 5.74) is 1.61. The molecule has 2 aliphatic rings. The van der Waals surface area contributed by atoms with E-state index in [1.165, 1.54) is 23.7 Å². The third-order valence-electron chi connectivity index (χ3n) is 3.82. The molecule has 0 atom stereocenters. The van der Waals surface area contributed by atoms with Crippen LogP contribution >= 0.6 is 23.1 Å². The van der Waals surface area contributed by atoms with Crippen molar-refractivity contribution in [2.75, 3.05) is 24.7 Å². The second-order valence-corrected chi connectivity index (χ2v) is 9.57. The maximum Gasteiger partial charge on any atom is 0.232 e. The lowest BCUT2D eigenvalue weighted by atomic mass is 10.3. The number of thioether (sulfide) groups is 1. The number of benzene rings is 1. The number of amidine groups is 1. The maximum atomic E-state index is 12.3. The highest BCUT2D eigenvalue weighted by Crippen LogP contribution is 2.32. The number of nitrogens with zero attached hydrogens (tertiary/aromatic N) is 3. The Balaban J connectivity index is 1.49. The second kappa shape index (κ2) is 6.11. The molecule has 1 aromatic carbocycles. The van der Waals surface area contributed by atoms with Crippen LogP contribution in [0.4, 0.5) is 5.13 Å². The van der Waals surface area contributed by atoms with Crippen LogP contribution in [-0.4, -0.2) is 48.7 Å². The minimum Gasteiger partial charge on any atom is -0.322 e. The van der Waals surface area contributed by atoms with Gasteiger partial charge in [-0.2, -0.15) is 0 Å². The standard InChI is InChI=1S/C15H14N4O3S3/c1-25(21,22)10-2-3-11-12(7-10)24-14(17-11)18-13(20)6-9-8-23-15-16-4-5-19(9)15/h2-3,7-8H,4-6H2,1H3,(H,17,18,20). The molecule has 25 heavy (non-hydrogen) atoms. The smallest absolute Gasteiger partial charge is 0.232 e. The lowest BCUT2D eigenvalue weighted by molar-refractivity contribution is -0.115. The summed E-state index contributed by atoms with van der Waals surface area (Å²) in [6.45, 7) is 1.58. The van der Waals surface area contributed by atoms with E-state index in [9.17, 15) is 13.2 Å². The third-order valence-corrected chi connectivity index (χ3v) is 6.82. The van der Waals surface area contributed by atoms with E-state index in [0.717, 1.165) is 28.7 Å². The van der Waals surface area contributed by atoms with E-state index in [4.69, 9.17) is 0 Å². The quantitative estimate of drug-likeness (QED) is 0.855. The second-order valence-electron chi connectivity index (χ2n) is 5.69. The van der Waals surface area contributed by atoms with Crippen molar-refractivity contribution in [1.29, 1.82) is 0 Å². The van der Waals surface area contributed by atoms with Gasteiger partial charge in [-0.05, 0) is 23.6 Å². The topological polar surface area (TPSA) is 91.7 Å². The van der Waals surface area contributed by atoms with Gasteiger partial charge in [0.05, 0.1) is 28.1 Å². The number of amides is 1. The van der Waals surface area contributed by atoms with E-state index >= 15 is 0 Å². The van der Waals surface area contributed by atoms with E-state index in [1.54, 1.807) is 23.9 Å². The zero-order valence-electron chi connectivity index (χ0n) is 13.2. The number of thiazole rings is 1. The molecule has 0 fully saturated rings. The Bertz CT molecular complexity index is 1040. The predicted octanol–water partition coefficient (Wildman–Crippen LogP) is 2.29. The Labute approximate surface area is 152 Å². The van der Waals surface area contributed by atoms with Gasteiger partial charge in [-0.3, -0.25) is 9.79 Å². The SMILES string of the molecule is CS(=O)(=O)c1ccc2nc(NC(=O)CC3=CSC4=NCCN34)sc2c1. The fourth-order valence-corrected chi connectivity index (χ4v) is 5.23. The molecule has 1 N–H and O–H groups in total. The minimum atomic E-state index is -3.27. The summed E-state index contributed by atoms with van der Waals surface area (Å²) in [6.07, 6.45) is 1.43. The summed E-state index contributed by atoms with van der Waals surface area (Å²) in [6, 6.07) is 4.76. The monoisotopic (exact) mass is 394 g/mol. The van der Waals surface area contributed by atoms with E-state index in [1.807, 2.05) is 5.41 Å². The van der Waals surface area contributed by atoms with Crippen molar-refractivity contribution in [2.24, 2.45) is 4.99 Å². The molecule has 4 rings (SSSR count). The zero-order valence-corrected chi connectivity index (χ0v) is 15.7. The number of aliphatic imine (C=N–C) groups is 1. The molecule has 3 heterocycles. The summed E-state index contributed by atoms with van der Waals surface area (Å²) in [5, 5.41) is 6.17. The van der Waals surface area contributed by atoms with Crippen LogP contribution in [0.2, 0.25) is 0 Å². The molecule has 1 aromatic heterocycles. The van der Waals surface area contributed by atoms with Crippen LogP contribution in [0.15, 0.2) is 39.2 Å². The largest absolute Gasteiger partial charge is 0.322 e. The van der Waals surface area contributed by atoms with Gasteiger partial charge in [-0.1, -0.05) is 23.1 Å². The van der Waals surface area contributed by atoms with Crippen molar-refractivity contribution in [3.63, 3.8) is 0 Å². The number of hydrogen-bond acceptors (Lipinski definition) is 8. The number of carbonyl (C=O) groups is 1. The van der Waals surface area contributed by atoms with Crippen molar-refractivity contribution >= 4 is 59.4 Å². The number of rotatable bonds is 4. The molecule has 130 valence electrons. The number of carbonyl (C=O) groups excluding carboxylic acids is 1. The molecule has 0 radical (unpaired) electrons. The van der Waals surface area contributed by atoms with Crippen molar-refractivity contribution in [2.45, 2.75) is 11.3 Å². The van der Waals surface area contributed by atoms with Crippen molar-refractivity contribution in [1.82, 2.24) is 9.88 Å².